The average molecular weight is 653 g/mol. The summed E-state index contributed by atoms with van der Waals surface area (Å²) < 4.78 is 8.74. The maximum absolute atomic E-state index is 6.32. The topological polar surface area (TPSA) is 20.8 Å². The lowest BCUT2D eigenvalue weighted by Gasteiger charge is -2.27. The van der Waals surface area contributed by atoms with Gasteiger partial charge in [-0.25, -0.2) is 0 Å². The Kier molecular flexibility index (Phi) is 6.65. The first-order chi connectivity index (χ1) is 25.3. The van der Waals surface area contributed by atoms with E-state index in [-0.39, 0.29) is 0 Å². The van der Waals surface area contributed by atoms with Gasteiger partial charge in [0.2, 0.25) is 0 Å². The van der Waals surface area contributed by atoms with Crippen LogP contribution in [0.15, 0.2) is 193 Å². The van der Waals surface area contributed by atoms with Crippen molar-refractivity contribution < 1.29 is 4.42 Å². The van der Waals surface area contributed by atoms with Crippen LogP contribution in [0, 0.1) is 0 Å². The molecule has 0 atom stereocenters. The Balaban J connectivity index is 1.16. The number of furan rings is 1. The highest BCUT2D eigenvalue weighted by Gasteiger charge is 2.21. The van der Waals surface area contributed by atoms with Crippen molar-refractivity contribution in [1.82, 2.24) is 4.40 Å². The Bertz CT molecular complexity index is 2890. The SMILES string of the molecule is C=CC(=CC=Cc1cccc2c1oc1ccccc12)N(c1ccc(-c2ccccc2)cc1)c1cc2c3ccccc3n3c4ccccc4c(c1)c23. The van der Waals surface area contributed by atoms with Crippen molar-refractivity contribution in [2.24, 2.45) is 0 Å². The van der Waals surface area contributed by atoms with Crippen molar-refractivity contribution in [1.29, 1.82) is 0 Å². The van der Waals surface area contributed by atoms with Crippen LogP contribution in [-0.4, -0.2) is 4.40 Å². The second kappa shape index (κ2) is 11.6. The van der Waals surface area contributed by atoms with Gasteiger partial charge in [-0.2, -0.15) is 0 Å². The highest BCUT2D eigenvalue weighted by atomic mass is 16.3. The molecule has 0 saturated carbocycles. The van der Waals surface area contributed by atoms with Crippen LogP contribution in [0.4, 0.5) is 11.4 Å². The second-order valence-electron chi connectivity index (χ2n) is 13.0. The fraction of sp³-hybridized carbons (Fsp3) is 0. The van der Waals surface area contributed by atoms with Gasteiger partial charge in [0.15, 0.2) is 0 Å². The molecule has 10 aromatic rings. The van der Waals surface area contributed by atoms with Gasteiger partial charge in [0, 0.05) is 55.0 Å². The predicted octanol–water partition coefficient (Wildman–Crippen LogP) is 13.3. The summed E-state index contributed by atoms with van der Waals surface area (Å²) in [6.45, 7) is 4.33. The van der Waals surface area contributed by atoms with E-state index in [2.05, 4.69) is 180 Å². The molecule has 51 heavy (non-hydrogen) atoms. The summed E-state index contributed by atoms with van der Waals surface area (Å²) in [4.78, 5) is 2.32. The summed E-state index contributed by atoms with van der Waals surface area (Å²) >= 11 is 0. The molecule has 0 aliphatic heterocycles. The number of nitrogens with zero attached hydrogens (tertiary/aromatic N) is 2. The minimum atomic E-state index is 0.889. The van der Waals surface area contributed by atoms with Crippen LogP contribution >= 0.6 is 0 Å². The van der Waals surface area contributed by atoms with Crippen LogP contribution in [-0.2, 0) is 0 Å². The quantitative estimate of drug-likeness (QED) is 0.160. The first kappa shape index (κ1) is 29.1. The van der Waals surface area contributed by atoms with E-state index in [4.69, 9.17) is 4.42 Å². The van der Waals surface area contributed by atoms with Crippen LogP contribution in [0.25, 0.3) is 77.2 Å². The van der Waals surface area contributed by atoms with Gasteiger partial charge in [0.25, 0.3) is 0 Å². The summed E-state index contributed by atoms with van der Waals surface area (Å²) in [5.41, 5.74) is 12.0. The van der Waals surface area contributed by atoms with Crippen molar-refractivity contribution >= 4 is 77.5 Å². The largest absolute Gasteiger partial charge is 0.455 e. The highest BCUT2D eigenvalue weighted by Crippen LogP contribution is 2.43. The third-order valence-corrected chi connectivity index (χ3v) is 10.1. The number of fused-ring (bicyclic) bond motifs is 9. The van der Waals surface area contributed by atoms with Gasteiger partial charge in [-0.1, -0.05) is 134 Å². The summed E-state index contributed by atoms with van der Waals surface area (Å²) in [5, 5.41) is 7.19. The smallest absolute Gasteiger partial charge is 0.142 e. The number of aromatic nitrogens is 1. The standard InChI is InChI=1S/C48H32N2O/c1-2-35(18-12-16-34-17-13-22-41-40-21-8-11-25-46(40)51-48(34)41)49(36-28-26-33(27-29-36)32-14-4-3-5-15-32)37-30-42-38-19-6-9-23-44(38)50-45-24-10-7-20-39(45)43(31-37)47(42)50/h2-31H,1H2. The van der Waals surface area contributed by atoms with Crippen molar-refractivity contribution in [3.8, 4) is 11.1 Å². The lowest BCUT2D eigenvalue weighted by molar-refractivity contribution is 0.668. The zero-order valence-electron chi connectivity index (χ0n) is 27.8. The van der Waals surface area contributed by atoms with Crippen LogP contribution in [0.5, 0.6) is 0 Å². The number of hydrogen-bond acceptors (Lipinski definition) is 2. The van der Waals surface area contributed by atoms with Gasteiger partial charge >= 0.3 is 0 Å². The molecule has 0 aliphatic carbocycles. The molecule has 0 bridgehead atoms. The summed E-state index contributed by atoms with van der Waals surface area (Å²) in [7, 11) is 0. The first-order valence-corrected chi connectivity index (χ1v) is 17.3. The van der Waals surface area contributed by atoms with Gasteiger partial charge in [0.1, 0.15) is 11.2 Å². The fourth-order valence-electron chi connectivity index (χ4n) is 7.83. The van der Waals surface area contributed by atoms with Crippen LogP contribution in [0.3, 0.4) is 0 Å². The Morgan fingerprint density at radius 3 is 1.86 bits per heavy atom. The number of hydrogen-bond donors (Lipinski definition) is 0. The van der Waals surface area contributed by atoms with E-state index in [1.165, 1.54) is 49.2 Å². The average Bonchev–Trinajstić information content (AvgIpc) is 3.85. The number of rotatable bonds is 7. The van der Waals surface area contributed by atoms with Gasteiger partial charge in [-0.05, 0) is 65.7 Å². The maximum atomic E-state index is 6.32. The van der Waals surface area contributed by atoms with E-state index in [9.17, 15) is 0 Å². The summed E-state index contributed by atoms with van der Waals surface area (Å²) in [6, 6.07) is 56.0. The predicted molar refractivity (Wildman–Crippen MR) is 216 cm³/mol. The van der Waals surface area contributed by atoms with Crippen molar-refractivity contribution in [2.45, 2.75) is 0 Å². The molecule has 0 radical (unpaired) electrons. The maximum Gasteiger partial charge on any atom is 0.142 e. The van der Waals surface area contributed by atoms with Crippen molar-refractivity contribution in [2.75, 3.05) is 4.90 Å². The second-order valence-corrected chi connectivity index (χ2v) is 13.0. The van der Waals surface area contributed by atoms with Gasteiger partial charge in [-0.15, -0.1) is 0 Å². The molecule has 0 unspecified atom stereocenters. The molecule has 10 rings (SSSR count). The van der Waals surface area contributed by atoms with E-state index < -0.39 is 0 Å². The molecule has 240 valence electrons. The molecule has 7 aromatic carbocycles. The number of para-hydroxylation sites is 4. The molecule has 0 saturated heterocycles. The third-order valence-electron chi connectivity index (χ3n) is 10.1. The highest BCUT2D eigenvalue weighted by molar-refractivity contribution is 6.24. The number of anilines is 2. The van der Waals surface area contributed by atoms with Crippen molar-refractivity contribution in [3.63, 3.8) is 0 Å². The summed E-state index contributed by atoms with van der Waals surface area (Å²) in [6.07, 6.45) is 8.30. The van der Waals surface area contributed by atoms with Crippen LogP contribution in [0.2, 0.25) is 0 Å². The zero-order chi connectivity index (χ0) is 33.9. The lowest BCUT2D eigenvalue weighted by Crippen LogP contribution is -2.15. The molecule has 0 fully saturated rings. The molecular formula is C48H32N2O. The monoisotopic (exact) mass is 652 g/mol. The van der Waals surface area contributed by atoms with E-state index in [1.54, 1.807) is 0 Å². The van der Waals surface area contributed by atoms with E-state index >= 15 is 0 Å². The third kappa shape index (κ3) is 4.59. The number of benzene rings is 7. The lowest BCUT2D eigenvalue weighted by atomic mass is 10.0. The van der Waals surface area contributed by atoms with E-state index in [0.717, 1.165) is 44.6 Å². The Morgan fingerprint density at radius 1 is 0.549 bits per heavy atom. The minimum absolute atomic E-state index is 0.889. The van der Waals surface area contributed by atoms with Gasteiger partial charge in [-0.3, -0.25) is 0 Å². The first-order valence-electron chi connectivity index (χ1n) is 17.3. The Morgan fingerprint density at radius 2 is 1.16 bits per heavy atom. The molecule has 3 aromatic heterocycles. The minimum Gasteiger partial charge on any atom is -0.455 e. The molecular weight excluding hydrogens is 621 g/mol. The Labute approximate surface area is 295 Å². The molecule has 0 N–H and O–H groups in total. The Hall–Kier alpha value is -6.84. The van der Waals surface area contributed by atoms with Gasteiger partial charge in [0.05, 0.1) is 16.6 Å². The molecule has 0 amide bonds. The van der Waals surface area contributed by atoms with Crippen LogP contribution < -0.4 is 4.90 Å². The van der Waals surface area contributed by atoms with E-state index in [1.807, 2.05) is 18.2 Å². The molecule has 3 heteroatoms. The summed E-state index contributed by atoms with van der Waals surface area (Å²) in [5.74, 6) is 0. The van der Waals surface area contributed by atoms with Crippen LogP contribution in [0.1, 0.15) is 5.56 Å². The molecule has 3 heterocycles. The molecule has 0 aliphatic rings. The zero-order valence-corrected chi connectivity index (χ0v) is 27.8. The van der Waals surface area contributed by atoms with E-state index in [0.29, 0.717) is 0 Å². The fourth-order valence-corrected chi connectivity index (χ4v) is 7.83. The number of allylic oxidation sites excluding steroid dienone is 3. The van der Waals surface area contributed by atoms with Gasteiger partial charge < -0.3 is 13.7 Å². The van der Waals surface area contributed by atoms with Crippen molar-refractivity contribution in [3.05, 3.63) is 194 Å². The molecule has 0 spiro atoms. The normalized spacial score (nSPS) is 12.4. The molecule has 3 nitrogen and oxygen atoms in total.